The van der Waals surface area contributed by atoms with Gasteiger partial charge in [0.05, 0.1) is 0 Å². The molecule has 2 aromatic carbocycles. The van der Waals surface area contributed by atoms with Crippen LogP contribution in [0.1, 0.15) is 22.4 Å². The maximum Gasteiger partial charge on any atom is 0.248 e. The first-order valence-corrected chi connectivity index (χ1v) is 7.26. The second-order valence-corrected chi connectivity index (χ2v) is 5.47. The monoisotopic (exact) mass is 318 g/mol. The molecule has 0 spiro atoms. The maximum absolute atomic E-state index is 6.38. The average molecular weight is 319 g/mol. The highest BCUT2D eigenvalue weighted by atomic mass is 35.5. The predicted molar refractivity (Wildman–Crippen MR) is 83.6 cm³/mol. The quantitative estimate of drug-likeness (QED) is 0.636. The maximum atomic E-state index is 6.38. The van der Waals surface area contributed by atoms with Crippen LogP contribution in [0.2, 0.25) is 5.02 Å². The largest absolute Gasteiger partial charge is 0.419 e. The number of benzene rings is 2. The highest BCUT2D eigenvalue weighted by Gasteiger charge is 2.19. The third kappa shape index (κ3) is 2.80. The third-order valence-corrected chi connectivity index (χ3v) is 4.10. The molecule has 5 heteroatoms. The van der Waals surface area contributed by atoms with Crippen molar-refractivity contribution in [1.29, 1.82) is 0 Å². The number of rotatable bonds is 3. The molecule has 0 aliphatic rings. The molecule has 0 fully saturated rings. The summed E-state index contributed by atoms with van der Waals surface area (Å²) in [6.07, 6.45) is 0. The lowest BCUT2D eigenvalue weighted by molar-refractivity contribution is 0.513. The van der Waals surface area contributed by atoms with Crippen LogP contribution in [0.4, 0.5) is 0 Å². The minimum atomic E-state index is -0.466. The van der Waals surface area contributed by atoms with Gasteiger partial charge >= 0.3 is 0 Å². The molecule has 0 amide bonds. The molecule has 1 unspecified atom stereocenters. The lowest BCUT2D eigenvalue weighted by Gasteiger charge is -2.05. The van der Waals surface area contributed by atoms with Gasteiger partial charge < -0.3 is 4.42 Å². The molecule has 0 bridgehead atoms. The molecule has 3 rings (SSSR count). The Bertz CT molecular complexity index is 756. The van der Waals surface area contributed by atoms with Crippen LogP contribution in [0.25, 0.3) is 11.5 Å². The van der Waals surface area contributed by atoms with E-state index in [4.69, 9.17) is 27.6 Å². The third-order valence-electron chi connectivity index (χ3n) is 3.25. The topological polar surface area (TPSA) is 38.9 Å². The molecule has 0 aliphatic heterocycles. The van der Waals surface area contributed by atoms with Gasteiger partial charge in [0, 0.05) is 10.6 Å². The van der Waals surface area contributed by atoms with Gasteiger partial charge in [0.1, 0.15) is 5.38 Å². The molecule has 106 valence electrons. The lowest BCUT2D eigenvalue weighted by atomic mass is 10.1. The molecule has 1 atom stereocenters. The van der Waals surface area contributed by atoms with E-state index in [0.717, 1.165) is 16.7 Å². The van der Waals surface area contributed by atoms with Crippen LogP contribution in [0.15, 0.2) is 52.9 Å². The zero-order chi connectivity index (χ0) is 14.8. The zero-order valence-corrected chi connectivity index (χ0v) is 12.8. The smallest absolute Gasteiger partial charge is 0.248 e. The second-order valence-electron chi connectivity index (χ2n) is 4.63. The van der Waals surface area contributed by atoms with Crippen molar-refractivity contribution in [3.05, 3.63) is 70.6 Å². The van der Waals surface area contributed by atoms with Crippen molar-refractivity contribution in [1.82, 2.24) is 10.2 Å². The number of halogens is 2. The molecule has 21 heavy (non-hydrogen) atoms. The molecule has 0 radical (unpaired) electrons. The van der Waals surface area contributed by atoms with Gasteiger partial charge in [0.25, 0.3) is 0 Å². The summed E-state index contributed by atoms with van der Waals surface area (Å²) in [5, 5.41) is 8.32. The summed E-state index contributed by atoms with van der Waals surface area (Å²) < 4.78 is 5.71. The molecule has 1 aromatic heterocycles. The van der Waals surface area contributed by atoms with E-state index in [-0.39, 0.29) is 0 Å². The van der Waals surface area contributed by atoms with Gasteiger partial charge in [-0.25, -0.2) is 0 Å². The minimum Gasteiger partial charge on any atom is -0.419 e. The summed E-state index contributed by atoms with van der Waals surface area (Å²) in [5.41, 5.74) is 2.63. The van der Waals surface area contributed by atoms with Crippen LogP contribution in [0.3, 0.4) is 0 Å². The molecule has 0 N–H and O–H groups in total. The molecule has 3 aromatic rings. The van der Waals surface area contributed by atoms with E-state index in [9.17, 15) is 0 Å². The van der Waals surface area contributed by atoms with E-state index in [1.54, 1.807) is 0 Å². The summed E-state index contributed by atoms with van der Waals surface area (Å²) >= 11 is 12.5. The highest BCUT2D eigenvalue weighted by Crippen LogP contribution is 2.32. The zero-order valence-electron chi connectivity index (χ0n) is 11.3. The normalized spacial score (nSPS) is 12.3. The Kier molecular flexibility index (Phi) is 3.95. The molecular weight excluding hydrogens is 307 g/mol. The SMILES string of the molecule is Cc1c(Cl)cccc1-c1nnc(C(Cl)c2ccccc2)o1. The van der Waals surface area contributed by atoms with Gasteiger partial charge in [-0.15, -0.1) is 21.8 Å². The van der Waals surface area contributed by atoms with Gasteiger partial charge in [-0.1, -0.05) is 48.0 Å². The molecule has 0 saturated carbocycles. The molecule has 0 aliphatic carbocycles. The van der Waals surface area contributed by atoms with Crippen molar-refractivity contribution in [2.45, 2.75) is 12.3 Å². The van der Waals surface area contributed by atoms with E-state index in [1.807, 2.05) is 55.5 Å². The summed E-state index contributed by atoms with van der Waals surface area (Å²) in [4.78, 5) is 0. The predicted octanol–water partition coefficient (Wildman–Crippen LogP) is 5.03. The average Bonchev–Trinajstić information content (AvgIpc) is 3.00. The fraction of sp³-hybridized carbons (Fsp3) is 0.125. The summed E-state index contributed by atoms with van der Waals surface area (Å²) in [5.74, 6) is 0.795. The van der Waals surface area contributed by atoms with Gasteiger partial charge in [-0.2, -0.15) is 0 Å². The summed E-state index contributed by atoms with van der Waals surface area (Å²) in [6.45, 7) is 1.91. The number of nitrogens with zero attached hydrogens (tertiary/aromatic N) is 2. The first kappa shape index (κ1) is 14.1. The van der Waals surface area contributed by atoms with E-state index >= 15 is 0 Å². The Morgan fingerprint density at radius 3 is 2.52 bits per heavy atom. The Balaban J connectivity index is 1.95. The van der Waals surface area contributed by atoms with E-state index in [0.29, 0.717) is 16.8 Å². The number of hydrogen-bond acceptors (Lipinski definition) is 3. The molecular formula is C16H12Cl2N2O. The second kappa shape index (κ2) is 5.88. The fourth-order valence-electron chi connectivity index (χ4n) is 2.05. The molecule has 3 nitrogen and oxygen atoms in total. The van der Waals surface area contributed by atoms with Crippen LogP contribution < -0.4 is 0 Å². The Labute approximate surface area is 132 Å². The van der Waals surface area contributed by atoms with Crippen molar-refractivity contribution in [2.75, 3.05) is 0 Å². The first-order chi connectivity index (χ1) is 10.2. The van der Waals surface area contributed by atoms with Crippen LogP contribution >= 0.6 is 23.2 Å². The van der Waals surface area contributed by atoms with E-state index in [1.165, 1.54) is 0 Å². The molecule has 0 saturated heterocycles. The Morgan fingerprint density at radius 2 is 1.76 bits per heavy atom. The summed E-state index contributed by atoms with van der Waals surface area (Å²) in [6, 6.07) is 15.2. The van der Waals surface area contributed by atoms with Crippen molar-refractivity contribution in [2.24, 2.45) is 0 Å². The van der Waals surface area contributed by atoms with Gasteiger partial charge in [-0.05, 0) is 30.2 Å². The van der Waals surface area contributed by atoms with Gasteiger partial charge in [0.15, 0.2) is 0 Å². The van der Waals surface area contributed by atoms with Crippen molar-refractivity contribution in [3.63, 3.8) is 0 Å². The van der Waals surface area contributed by atoms with Crippen molar-refractivity contribution >= 4 is 23.2 Å². The Hall–Kier alpha value is -1.84. The van der Waals surface area contributed by atoms with Crippen LogP contribution in [0.5, 0.6) is 0 Å². The van der Waals surface area contributed by atoms with Crippen LogP contribution in [-0.2, 0) is 0 Å². The fourth-order valence-corrected chi connectivity index (χ4v) is 2.46. The van der Waals surface area contributed by atoms with Gasteiger partial charge in [-0.3, -0.25) is 0 Å². The number of alkyl halides is 1. The number of aromatic nitrogens is 2. The van der Waals surface area contributed by atoms with Crippen molar-refractivity contribution < 1.29 is 4.42 Å². The van der Waals surface area contributed by atoms with E-state index < -0.39 is 5.38 Å². The number of hydrogen-bond donors (Lipinski definition) is 0. The lowest BCUT2D eigenvalue weighted by Crippen LogP contribution is -1.92. The molecule has 1 heterocycles. The summed E-state index contributed by atoms with van der Waals surface area (Å²) in [7, 11) is 0. The minimum absolute atomic E-state index is 0.372. The first-order valence-electron chi connectivity index (χ1n) is 6.44. The van der Waals surface area contributed by atoms with Crippen LogP contribution in [0, 0.1) is 6.92 Å². The van der Waals surface area contributed by atoms with Crippen molar-refractivity contribution in [3.8, 4) is 11.5 Å². The Morgan fingerprint density at radius 1 is 1.00 bits per heavy atom. The van der Waals surface area contributed by atoms with Crippen LogP contribution in [-0.4, -0.2) is 10.2 Å². The van der Waals surface area contributed by atoms with Gasteiger partial charge in [0.2, 0.25) is 11.8 Å². The highest BCUT2D eigenvalue weighted by molar-refractivity contribution is 6.31. The standard InChI is InChI=1S/C16H12Cl2N2O/c1-10-12(8-5-9-13(10)17)15-19-20-16(21-15)14(18)11-6-3-2-4-7-11/h2-9,14H,1H3. The van der Waals surface area contributed by atoms with E-state index in [2.05, 4.69) is 10.2 Å².